The van der Waals surface area contributed by atoms with Gasteiger partial charge in [0.25, 0.3) is 0 Å². The van der Waals surface area contributed by atoms with Crippen LogP contribution in [0.1, 0.15) is 18.4 Å². The molecule has 112 valence electrons. The largest absolute Gasteiger partial charge is 0.398 e. The average Bonchev–Trinajstić information content (AvgIpc) is 2.44. The first-order chi connectivity index (χ1) is 9.36. The van der Waals surface area contributed by atoms with Crippen LogP contribution in [0, 0.1) is 6.92 Å². The lowest BCUT2D eigenvalue weighted by molar-refractivity contribution is 0.0604. The standard InChI is InChI=1S/C13H19ClN2O3S/c1-9-12(14)7-11(8-13(9)15)20(17,18)16-5-3-10(19-2)4-6-16/h7-8,10H,3-6,15H2,1-2H3. The van der Waals surface area contributed by atoms with Crippen molar-refractivity contribution in [1.82, 2.24) is 4.31 Å². The zero-order valence-corrected chi connectivity index (χ0v) is 13.2. The molecule has 1 aromatic carbocycles. The molecule has 1 aliphatic rings. The van der Waals surface area contributed by atoms with Gasteiger partial charge in [0.1, 0.15) is 0 Å². The van der Waals surface area contributed by atoms with Crippen molar-refractivity contribution < 1.29 is 13.2 Å². The van der Waals surface area contributed by atoms with Crippen LogP contribution in [0.2, 0.25) is 5.02 Å². The molecule has 2 N–H and O–H groups in total. The predicted molar refractivity (Wildman–Crippen MR) is 79.4 cm³/mol. The summed E-state index contributed by atoms with van der Waals surface area (Å²) in [6.45, 7) is 2.66. The molecular formula is C13H19ClN2O3S. The van der Waals surface area contributed by atoms with Crippen LogP contribution in [0.5, 0.6) is 0 Å². The van der Waals surface area contributed by atoms with Crippen molar-refractivity contribution in [3.05, 3.63) is 22.7 Å². The fourth-order valence-corrected chi connectivity index (χ4v) is 4.10. The number of methoxy groups -OCH3 is 1. The molecule has 0 aliphatic carbocycles. The van der Waals surface area contributed by atoms with Crippen molar-refractivity contribution in [2.45, 2.75) is 30.8 Å². The first-order valence-electron chi connectivity index (χ1n) is 6.45. The number of nitrogens with zero attached hydrogens (tertiary/aromatic N) is 1. The van der Waals surface area contributed by atoms with Crippen molar-refractivity contribution in [3.63, 3.8) is 0 Å². The number of benzene rings is 1. The highest BCUT2D eigenvalue weighted by atomic mass is 35.5. The van der Waals surface area contributed by atoms with E-state index in [-0.39, 0.29) is 11.0 Å². The van der Waals surface area contributed by atoms with Gasteiger partial charge in [0, 0.05) is 30.9 Å². The number of hydrogen-bond donors (Lipinski definition) is 1. The van der Waals surface area contributed by atoms with Crippen molar-refractivity contribution >= 4 is 27.3 Å². The molecule has 0 unspecified atom stereocenters. The van der Waals surface area contributed by atoms with Gasteiger partial charge in [-0.3, -0.25) is 0 Å². The molecule has 0 atom stereocenters. The van der Waals surface area contributed by atoms with Gasteiger partial charge >= 0.3 is 0 Å². The van der Waals surface area contributed by atoms with Crippen molar-refractivity contribution in [2.24, 2.45) is 0 Å². The van der Waals surface area contributed by atoms with E-state index < -0.39 is 10.0 Å². The first kappa shape index (κ1) is 15.6. The zero-order chi connectivity index (χ0) is 14.9. The Morgan fingerprint density at radius 1 is 1.35 bits per heavy atom. The van der Waals surface area contributed by atoms with E-state index in [1.807, 2.05) is 0 Å². The molecule has 0 bridgehead atoms. The van der Waals surface area contributed by atoms with Gasteiger partial charge in [-0.15, -0.1) is 0 Å². The fraction of sp³-hybridized carbons (Fsp3) is 0.538. The average molecular weight is 319 g/mol. The molecule has 1 heterocycles. The summed E-state index contributed by atoms with van der Waals surface area (Å²) < 4.78 is 31.8. The maximum Gasteiger partial charge on any atom is 0.243 e. The second kappa shape index (κ2) is 5.89. The van der Waals surface area contributed by atoms with Crippen molar-refractivity contribution in [3.8, 4) is 0 Å². The third-order valence-corrected chi connectivity index (χ3v) is 6.00. The van der Waals surface area contributed by atoms with Crippen LogP contribution in [-0.4, -0.2) is 39.0 Å². The van der Waals surface area contributed by atoms with Crippen LogP contribution >= 0.6 is 11.6 Å². The minimum Gasteiger partial charge on any atom is -0.398 e. The van der Waals surface area contributed by atoms with Gasteiger partial charge in [-0.1, -0.05) is 11.6 Å². The van der Waals surface area contributed by atoms with E-state index in [1.54, 1.807) is 14.0 Å². The highest BCUT2D eigenvalue weighted by Crippen LogP contribution is 2.29. The predicted octanol–water partition coefficient (Wildman–Crippen LogP) is 2.03. The molecule has 0 radical (unpaired) electrons. The smallest absolute Gasteiger partial charge is 0.243 e. The molecule has 2 rings (SSSR count). The molecule has 0 aromatic heterocycles. The van der Waals surface area contributed by atoms with E-state index in [9.17, 15) is 8.42 Å². The summed E-state index contributed by atoms with van der Waals surface area (Å²) in [6.07, 6.45) is 1.53. The number of anilines is 1. The SMILES string of the molecule is COC1CCN(S(=O)(=O)c2cc(N)c(C)c(Cl)c2)CC1. The minimum absolute atomic E-state index is 0.133. The Kier molecular flexibility index (Phi) is 4.59. The number of halogens is 1. The molecule has 1 aliphatic heterocycles. The van der Waals surface area contributed by atoms with E-state index in [0.29, 0.717) is 42.2 Å². The number of rotatable bonds is 3. The molecular weight excluding hydrogens is 300 g/mol. The Morgan fingerprint density at radius 2 is 1.95 bits per heavy atom. The summed E-state index contributed by atoms with van der Waals surface area (Å²) in [5.41, 5.74) is 6.89. The zero-order valence-electron chi connectivity index (χ0n) is 11.6. The summed E-state index contributed by atoms with van der Waals surface area (Å²) in [6, 6.07) is 2.93. The quantitative estimate of drug-likeness (QED) is 0.865. The Balaban J connectivity index is 2.27. The summed E-state index contributed by atoms with van der Waals surface area (Å²) in [4.78, 5) is 0.154. The lowest BCUT2D eigenvalue weighted by Gasteiger charge is -2.30. The number of hydrogen-bond acceptors (Lipinski definition) is 4. The number of nitrogen functional groups attached to an aromatic ring is 1. The van der Waals surface area contributed by atoms with Crippen LogP contribution < -0.4 is 5.73 Å². The molecule has 20 heavy (non-hydrogen) atoms. The van der Waals surface area contributed by atoms with Gasteiger partial charge in [0.15, 0.2) is 0 Å². The van der Waals surface area contributed by atoms with Gasteiger partial charge in [-0.05, 0) is 37.5 Å². The van der Waals surface area contributed by atoms with E-state index in [0.717, 1.165) is 0 Å². The molecule has 7 heteroatoms. The molecule has 1 saturated heterocycles. The van der Waals surface area contributed by atoms with Crippen molar-refractivity contribution in [2.75, 3.05) is 25.9 Å². The Morgan fingerprint density at radius 3 is 2.45 bits per heavy atom. The van der Waals surface area contributed by atoms with E-state index in [1.165, 1.54) is 16.4 Å². The number of nitrogens with two attached hydrogens (primary N) is 1. The molecule has 1 aromatic rings. The normalized spacial score (nSPS) is 18.4. The van der Waals surface area contributed by atoms with Gasteiger partial charge in [-0.25, -0.2) is 8.42 Å². The molecule has 0 saturated carbocycles. The van der Waals surface area contributed by atoms with Crippen molar-refractivity contribution in [1.29, 1.82) is 0 Å². The second-order valence-electron chi connectivity index (χ2n) is 4.96. The first-order valence-corrected chi connectivity index (χ1v) is 8.26. The molecule has 0 spiro atoms. The van der Waals surface area contributed by atoms with Crippen LogP contribution in [-0.2, 0) is 14.8 Å². The summed E-state index contributed by atoms with van der Waals surface area (Å²) >= 11 is 6.03. The summed E-state index contributed by atoms with van der Waals surface area (Å²) in [7, 11) is -1.89. The number of ether oxygens (including phenoxy) is 1. The second-order valence-corrected chi connectivity index (χ2v) is 7.30. The molecule has 5 nitrogen and oxygen atoms in total. The van der Waals surface area contributed by atoms with E-state index >= 15 is 0 Å². The lowest BCUT2D eigenvalue weighted by Crippen LogP contribution is -2.40. The number of sulfonamides is 1. The summed E-state index contributed by atoms with van der Waals surface area (Å²) in [5.74, 6) is 0. The topological polar surface area (TPSA) is 72.6 Å². The fourth-order valence-electron chi connectivity index (χ4n) is 2.28. The van der Waals surface area contributed by atoms with E-state index in [4.69, 9.17) is 22.1 Å². The monoisotopic (exact) mass is 318 g/mol. The van der Waals surface area contributed by atoms with E-state index in [2.05, 4.69) is 0 Å². The van der Waals surface area contributed by atoms with Gasteiger partial charge in [0.2, 0.25) is 10.0 Å². The highest BCUT2D eigenvalue weighted by Gasteiger charge is 2.30. The van der Waals surface area contributed by atoms with Gasteiger partial charge in [0.05, 0.1) is 11.0 Å². The lowest BCUT2D eigenvalue weighted by atomic mass is 10.1. The van der Waals surface area contributed by atoms with Crippen LogP contribution in [0.25, 0.3) is 0 Å². The maximum absolute atomic E-state index is 12.6. The highest BCUT2D eigenvalue weighted by molar-refractivity contribution is 7.89. The van der Waals surface area contributed by atoms with Crippen LogP contribution in [0.4, 0.5) is 5.69 Å². The van der Waals surface area contributed by atoms with Gasteiger partial charge < -0.3 is 10.5 Å². The third-order valence-electron chi connectivity index (χ3n) is 3.73. The third kappa shape index (κ3) is 2.93. The Hall–Kier alpha value is -0.820. The minimum atomic E-state index is -3.54. The van der Waals surface area contributed by atoms with Gasteiger partial charge in [-0.2, -0.15) is 4.31 Å². The molecule has 1 fully saturated rings. The summed E-state index contributed by atoms with van der Waals surface area (Å²) in [5, 5.41) is 0.371. The van der Waals surface area contributed by atoms with Crippen LogP contribution in [0.3, 0.4) is 0 Å². The Bertz CT molecular complexity index is 573. The molecule has 0 amide bonds. The Labute approximate surface area is 124 Å². The maximum atomic E-state index is 12.6. The van der Waals surface area contributed by atoms with Crippen LogP contribution in [0.15, 0.2) is 17.0 Å². The number of piperidine rings is 1.